The molecule has 1 aromatic rings. The summed E-state index contributed by atoms with van der Waals surface area (Å²) in [5.74, 6) is 0.511. The number of amidine groups is 1. The van der Waals surface area contributed by atoms with Crippen molar-refractivity contribution >= 4 is 17.4 Å². The largest absolute Gasteiger partial charge is 0.345 e. The number of aromatic nitrogens is 1. The van der Waals surface area contributed by atoms with Crippen LogP contribution in [0.3, 0.4) is 0 Å². The molecule has 0 bridgehead atoms. The smallest absolute Gasteiger partial charge is 0.281 e. The first kappa shape index (κ1) is 16.6. The zero-order valence-corrected chi connectivity index (χ0v) is 13.7. The molecule has 0 saturated carbocycles. The second-order valence-electron chi connectivity index (χ2n) is 5.39. The van der Waals surface area contributed by atoms with Gasteiger partial charge in [0.15, 0.2) is 5.84 Å². The number of pyridine rings is 1. The molecule has 0 aliphatic carbocycles. The van der Waals surface area contributed by atoms with Crippen LogP contribution in [0.15, 0.2) is 23.3 Å². The first-order valence-electron chi connectivity index (χ1n) is 7.18. The summed E-state index contributed by atoms with van der Waals surface area (Å²) in [5, 5.41) is 11.8. The summed E-state index contributed by atoms with van der Waals surface area (Å²) in [6.45, 7) is 5.70. The molecule has 0 aromatic carbocycles. The van der Waals surface area contributed by atoms with Crippen molar-refractivity contribution in [2.75, 3.05) is 26.8 Å². The van der Waals surface area contributed by atoms with E-state index in [1.165, 1.54) is 0 Å². The molecular formula is C14H20ClN5O2. The van der Waals surface area contributed by atoms with Crippen molar-refractivity contribution in [1.29, 1.82) is 0 Å². The maximum Gasteiger partial charge on any atom is 0.281 e. The normalized spacial score (nSPS) is 22.8. The number of nitro groups is 1. The molecule has 0 spiro atoms. The molecule has 1 fully saturated rings. The van der Waals surface area contributed by atoms with Crippen molar-refractivity contribution in [3.63, 3.8) is 0 Å². The van der Waals surface area contributed by atoms with Gasteiger partial charge in [-0.1, -0.05) is 24.6 Å². The van der Waals surface area contributed by atoms with E-state index in [1.807, 2.05) is 36.8 Å². The minimum absolute atomic E-state index is 0.210. The van der Waals surface area contributed by atoms with Crippen LogP contribution >= 0.6 is 11.6 Å². The first-order valence-corrected chi connectivity index (χ1v) is 7.56. The lowest BCUT2D eigenvalue weighted by atomic mass is 10.1. The third-order valence-corrected chi connectivity index (χ3v) is 4.02. The fraction of sp³-hybridized carbons (Fsp3) is 0.571. The van der Waals surface area contributed by atoms with Crippen LogP contribution in [0.25, 0.3) is 0 Å². The van der Waals surface area contributed by atoms with Gasteiger partial charge in [-0.2, -0.15) is 0 Å². The minimum atomic E-state index is -0.804. The maximum absolute atomic E-state index is 11.4. The molecule has 1 aromatic heterocycles. The molecule has 0 radical (unpaired) electrons. The average molecular weight is 326 g/mol. The third kappa shape index (κ3) is 3.72. The minimum Gasteiger partial charge on any atom is -0.345 e. The molecule has 22 heavy (non-hydrogen) atoms. The number of aliphatic imine (C=N–C) groups is 1. The van der Waals surface area contributed by atoms with Gasteiger partial charge in [-0.25, -0.2) is 4.98 Å². The second-order valence-corrected chi connectivity index (χ2v) is 5.77. The third-order valence-electron chi connectivity index (χ3n) is 3.79. The number of rotatable bonds is 4. The van der Waals surface area contributed by atoms with Crippen LogP contribution in [-0.2, 0) is 0 Å². The van der Waals surface area contributed by atoms with Crippen molar-refractivity contribution in [1.82, 2.24) is 14.8 Å². The number of likely N-dealkylation sites (N-methyl/N-ethyl adjacent to an activating group) is 2. The highest BCUT2D eigenvalue weighted by Gasteiger charge is 2.37. The summed E-state index contributed by atoms with van der Waals surface area (Å²) < 4.78 is 0. The molecule has 1 aliphatic rings. The van der Waals surface area contributed by atoms with Crippen LogP contribution in [0.5, 0.6) is 0 Å². The lowest BCUT2D eigenvalue weighted by Crippen LogP contribution is -2.57. The van der Waals surface area contributed by atoms with Crippen molar-refractivity contribution < 1.29 is 4.92 Å². The van der Waals surface area contributed by atoms with Crippen LogP contribution < -0.4 is 0 Å². The number of hydrogen-bond donors (Lipinski definition) is 0. The van der Waals surface area contributed by atoms with Crippen LogP contribution in [0, 0.1) is 10.1 Å². The molecule has 1 aliphatic heterocycles. The molecule has 120 valence electrons. The standard InChI is InChI=1S/C14H20ClN5O2/c1-4-19-8-12(20(21)22)14(18(3)9-19)17-10(2)11-5-6-13(15)16-7-11/h5-7,10,12H,4,8-9H2,1-3H3. The van der Waals surface area contributed by atoms with E-state index in [0.717, 1.165) is 12.1 Å². The molecule has 2 unspecified atom stereocenters. The Balaban J connectivity index is 2.26. The maximum atomic E-state index is 11.4. The van der Waals surface area contributed by atoms with E-state index in [9.17, 15) is 10.1 Å². The molecule has 1 saturated heterocycles. The summed E-state index contributed by atoms with van der Waals surface area (Å²) in [5.41, 5.74) is 0.880. The average Bonchev–Trinajstić information content (AvgIpc) is 2.49. The predicted octanol–water partition coefficient (Wildman–Crippen LogP) is 2.06. The molecule has 0 N–H and O–H groups in total. The Labute approximate surface area is 134 Å². The van der Waals surface area contributed by atoms with Gasteiger partial charge in [0.25, 0.3) is 6.04 Å². The van der Waals surface area contributed by atoms with E-state index >= 15 is 0 Å². The van der Waals surface area contributed by atoms with Crippen LogP contribution in [0.2, 0.25) is 5.15 Å². The lowest BCUT2D eigenvalue weighted by molar-refractivity contribution is -0.506. The molecule has 0 amide bonds. The lowest BCUT2D eigenvalue weighted by Gasteiger charge is -2.36. The van der Waals surface area contributed by atoms with Gasteiger partial charge >= 0.3 is 0 Å². The topological polar surface area (TPSA) is 74.9 Å². The van der Waals surface area contributed by atoms with Crippen molar-refractivity contribution in [2.24, 2.45) is 4.99 Å². The van der Waals surface area contributed by atoms with Gasteiger partial charge in [0.2, 0.25) is 0 Å². The van der Waals surface area contributed by atoms with Gasteiger partial charge in [-0.15, -0.1) is 0 Å². The van der Waals surface area contributed by atoms with Gasteiger partial charge in [0.05, 0.1) is 19.3 Å². The van der Waals surface area contributed by atoms with Crippen LogP contribution in [0.4, 0.5) is 0 Å². The van der Waals surface area contributed by atoms with E-state index in [0.29, 0.717) is 24.2 Å². The Kier molecular flexibility index (Phi) is 5.31. The highest BCUT2D eigenvalue weighted by atomic mass is 35.5. The first-order chi connectivity index (χ1) is 10.4. The van der Waals surface area contributed by atoms with E-state index in [-0.39, 0.29) is 11.0 Å². The molecule has 2 atom stereocenters. The van der Waals surface area contributed by atoms with E-state index in [1.54, 1.807) is 12.3 Å². The Hall–Kier alpha value is -1.73. The monoisotopic (exact) mass is 325 g/mol. The van der Waals surface area contributed by atoms with Crippen molar-refractivity contribution in [2.45, 2.75) is 25.9 Å². The van der Waals surface area contributed by atoms with Gasteiger partial charge < -0.3 is 4.90 Å². The van der Waals surface area contributed by atoms with Gasteiger partial charge in [0, 0.05) is 18.2 Å². The van der Waals surface area contributed by atoms with Crippen molar-refractivity contribution in [3.8, 4) is 0 Å². The Morgan fingerprint density at radius 1 is 1.59 bits per heavy atom. The van der Waals surface area contributed by atoms with Gasteiger partial charge in [-0.3, -0.25) is 20.0 Å². The Bertz CT molecular complexity index is 563. The SMILES string of the molecule is CCN1CC([N+](=O)[O-])C(=NC(C)c2ccc(Cl)nc2)N(C)C1. The summed E-state index contributed by atoms with van der Waals surface area (Å²) in [4.78, 5) is 23.6. The summed E-state index contributed by atoms with van der Waals surface area (Å²) in [6, 6.07) is 2.52. The second kappa shape index (κ2) is 7.02. The van der Waals surface area contributed by atoms with Crippen LogP contribution in [0.1, 0.15) is 25.5 Å². The Morgan fingerprint density at radius 3 is 2.86 bits per heavy atom. The Morgan fingerprint density at radius 2 is 2.32 bits per heavy atom. The van der Waals surface area contributed by atoms with Gasteiger partial charge in [-0.05, 0) is 25.1 Å². The van der Waals surface area contributed by atoms with Crippen LogP contribution in [-0.4, -0.2) is 58.4 Å². The van der Waals surface area contributed by atoms with Gasteiger partial charge in [0.1, 0.15) is 5.15 Å². The number of halogens is 1. The zero-order chi connectivity index (χ0) is 16.3. The molecule has 2 rings (SSSR count). The summed E-state index contributed by atoms with van der Waals surface area (Å²) in [7, 11) is 1.84. The molecule has 2 heterocycles. The molecular weight excluding hydrogens is 306 g/mol. The summed E-state index contributed by atoms with van der Waals surface area (Å²) in [6.07, 6.45) is 1.65. The predicted molar refractivity (Wildman–Crippen MR) is 85.8 cm³/mol. The highest BCUT2D eigenvalue weighted by Crippen LogP contribution is 2.20. The fourth-order valence-electron chi connectivity index (χ4n) is 2.49. The molecule has 7 nitrogen and oxygen atoms in total. The quantitative estimate of drug-likeness (QED) is 0.481. The van der Waals surface area contributed by atoms with E-state index in [2.05, 4.69) is 9.98 Å². The molecule has 8 heteroatoms. The van der Waals surface area contributed by atoms with Crippen molar-refractivity contribution in [3.05, 3.63) is 39.2 Å². The zero-order valence-electron chi connectivity index (χ0n) is 12.9. The number of nitrogens with zero attached hydrogens (tertiary/aromatic N) is 5. The summed E-state index contributed by atoms with van der Waals surface area (Å²) >= 11 is 5.78. The van der Waals surface area contributed by atoms with E-state index in [4.69, 9.17) is 11.6 Å². The fourth-order valence-corrected chi connectivity index (χ4v) is 2.60. The van der Waals surface area contributed by atoms with E-state index < -0.39 is 6.04 Å². The highest BCUT2D eigenvalue weighted by molar-refractivity contribution is 6.29. The number of hydrogen-bond acceptors (Lipinski definition) is 5.